The second-order valence-corrected chi connectivity index (χ2v) is 4.43. The molecule has 16 heavy (non-hydrogen) atoms. The number of nitrogens with zero attached hydrogens (tertiary/aromatic N) is 1. The van der Waals surface area contributed by atoms with Gasteiger partial charge in [0.2, 0.25) is 5.91 Å². The fourth-order valence-corrected chi connectivity index (χ4v) is 1.99. The molecule has 1 atom stereocenters. The van der Waals surface area contributed by atoms with Gasteiger partial charge in [-0.3, -0.25) is 4.79 Å². The van der Waals surface area contributed by atoms with Crippen molar-refractivity contribution < 1.29 is 4.79 Å². The third-order valence-corrected chi connectivity index (χ3v) is 3.06. The molecule has 0 aliphatic rings. The molecular formula is C11H15N3OS. The highest BCUT2D eigenvalue weighted by Crippen LogP contribution is 2.22. The van der Waals surface area contributed by atoms with Gasteiger partial charge in [-0.15, -0.1) is 11.3 Å². The molecule has 0 aromatic carbocycles. The Bertz CT molecular complexity index is 394. The van der Waals surface area contributed by atoms with E-state index in [1.54, 1.807) is 11.4 Å². The van der Waals surface area contributed by atoms with Crippen molar-refractivity contribution in [3.05, 3.63) is 17.0 Å². The van der Waals surface area contributed by atoms with Crippen LogP contribution in [0, 0.1) is 11.3 Å². The molecule has 1 aromatic heterocycles. The summed E-state index contributed by atoms with van der Waals surface area (Å²) in [5.74, 6) is -0.215. The number of hydrogen-bond donors (Lipinski definition) is 2. The van der Waals surface area contributed by atoms with Crippen molar-refractivity contribution in [1.29, 1.82) is 5.26 Å². The average molecular weight is 237 g/mol. The van der Waals surface area contributed by atoms with Crippen LogP contribution >= 0.6 is 11.3 Å². The molecule has 0 aliphatic carbocycles. The number of unbranched alkanes of at least 4 members (excludes halogenated alkanes) is 1. The molecule has 1 heterocycles. The van der Waals surface area contributed by atoms with Crippen molar-refractivity contribution in [2.45, 2.75) is 32.2 Å². The maximum absolute atomic E-state index is 11.6. The van der Waals surface area contributed by atoms with Crippen LogP contribution in [0.3, 0.4) is 0 Å². The number of nitriles is 1. The van der Waals surface area contributed by atoms with Crippen LogP contribution in [-0.4, -0.2) is 11.9 Å². The number of anilines is 1. The van der Waals surface area contributed by atoms with Crippen molar-refractivity contribution in [1.82, 2.24) is 0 Å². The zero-order chi connectivity index (χ0) is 12.0. The largest absolute Gasteiger partial charge is 0.320 e. The maximum Gasteiger partial charge on any atom is 0.241 e. The topological polar surface area (TPSA) is 78.9 Å². The Morgan fingerprint density at radius 1 is 1.75 bits per heavy atom. The van der Waals surface area contributed by atoms with Gasteiger partial charge in [-0.05, 0) is 17.9 Å². The number of hydrogen-bond acceptors (Lipinski definition) is 4. The summed E-state index contributed by atoms with van der Waals surface area (Å²) in [6.45, 7) is 2.05. The number of nitrogens with two attached hydrogens (primary N) is 1. The first-order valence-corrected chi connectivity index (χ1v) is 6.11. The number of carbonyl (C=O) groups is 1. The van der Waals surface area contributed by atoms with Crippen molar-refractivity contribution in [3.8, 4) is 6.07 Å². The van der Waals surface area contributed by atoms with Crippen molar-refractivity contribution in [3.63, 3.8) is 0 Å². The first kappa shape index (κ1) is 12.7. The predicted molar refractivity (Wildman–Crippen MR) is 65.2 cm³/mol. The van der Waals surface area contributed by atoms with Gasteiger partial charge in [0.1, 0.15) is 11.1 Å². The molecular weight excluding hydrogens is 222 g/mol. The summed E-state index contributed by atoms with van der Waals surface area (Å²) < 4.78 is 0. The van der Waals surface area contributed by atoms with Gasteiger partial charge in [-0.25, -0.2) is 0 Å². The molecule has 1 rings (SSSR count). The lowest BCUT2D eigenvalue weighted by molar-refractivity contribution is -0.117. The van der Waals surface area contributed by atoms with Gasteiger partial charge in [0.25, 0.3) is 0 Å². The van der Waals surface area contributed by atoms with Gasteiger partial charge < -0.3 is 11.1 Å². The molecule has 0 aliphatic heterocycles. The number of amides is 1. The first-order chi connectivity index (χ1) is 7.69. The molecule has 0 bridgehead atoms. The van der Waals surface area contributed by atoms with E-state index in [2.05, 4.69) is 12.2 Å². The van der Waals surface area contributed by atoms with E-state index in [4.69, 9.17) is 11.0 Å². The average Bonchev–Trinajstić information content (AvgIpc) is 2.72. The van der Waals surface area contributed by atoms with Crippen LogP contribution < -0.4 is 11.1 Å². The molecule has 0 saturated carbocycles. The Balaban J connectivity index is 2.54. The zero-order valence-electron chi connectivity index (χ0n) is 9.19. The highest BCUT2D eigenvalue weighted by Gasteiger charge is 2.14. The Hall–Kier alpha value is -1.38. The minimum atomic E-state index is -0.492. The van der Waals surface area contributed by atoms with Gasteiger partial charge >= 0.3 is 0 Å². The molecule has 1 amide bonds. The summed E-state index contributed by atoms with van der Waals surface area (Å²) in [6.07, 6.45) is 2.63. The van der Waals surface area contributed by atoms with Crippen LogP contribution in [0.2, 0.25) is 0 Å². The van der Waals surface area contributed by atoms with E-state index in [9.17, 15) is 4.79 Å². The summed E-state index contributed by atoms with van der Waals surface area (Å²) in [5.41, 5.74) is 6.21. The van der Waals surface area contributed by atoms with Crippen LogP contribution in [0.25, 0.3) is 0 Å². The van der Waals surface area contributed by atoms with Crippen LogP contribution in [0.4, 0.5) is 5.00 Å². The lowest BCUT2D eigenvalue weighted by atomic mass is 10.1. The quantitative estimate of drug-likeness (QED) is 0.822. The van der Waals surface area contributed by atoms with Crippen LogP contribution in [-0.2, 0) is 4.79 Å². The summed E-state index contributed by atoms with van der Waals surface area (Å²) in [6, 6.07) is 3.20. The van der Waals surface area contributed by atoms with Crippen molar-refractivity contribution >= 4 is 22.2 Å². The standard InChI is InChI=1S/C11H15N3OS/c1-2-3-4-9(13)10(15)14-11-8(7-12)5-6-16-11/h5-6,9H,2-4,13H2,1H3,(H,14,15). The molecule has 0 fully saturated rings. The van der Waals surface area contributed by atoms with E-state index in [0.29, 0.717) is 17.0 Å². The molecule has 0 spiro atoms. The smallest absolute Gasteiger partial charge is 0.241 e. The van der Waals surface area contributed by atoms with E-state index in [1.807, 2.05) is 6.07 Å². The van der Waals surface area contributed by atoms with Crippen LogP contribution in [0.5, 0.6) is 0 Å². The number of nitrogens with one attached hydrogen (secondary N) is 1. The normalized spacial score (nSPS) is 11.8. The zero-order valence-corrected chi connectivity index (χ0v) is 10.0. The molecule has 5 heteroatoms. The van der Waals surface area contributed by atoms with E-state index in [-0.39, 0.29) is 5.91 Å². The molecule has 0 saturated heterocycles. The van der Waals surface area contributed by atoms with Gasteiger partial charge in [-0.2, -0.15) is 5.26 Å². The second-order valence-electron chi connectivity index (χ2n) is 3.51. The summed E-state index contributed by atoms with van der Waals surface area (Å²) >= 11 is 1.33. The minimum absolute atomic E-state index is 0.215. The third-order valence-electron chi connectivity index (χ3n) is 2.23. The number of carbonyl (C=O) groups excluding carboxylic acids is 1. The number of thiophene rings is 1. The van der Waals surface area contributed by atoms with Crippen molar-refractivity contribution in [2.75, 3.05) is 5.32 Å². The molecule has 4 nitrogen and oxygen atoms in total. The Labute approximate surface area is 99.1 Å². The number of rotatable bonds is 5. The van der Waals surface area contributed by atoms with Crippen LogP contribution in [0.15, 0.2) is 11.4 Å². The minimum Gasteiger partial charge on any atom is -0.320 e. The lowest BCUT2D eigenvalue weighted by Crippen LogP contribution is -2.35. The van der Waals surface area contributed by atoms with E-state index in [0.717, 1.165) is 12.8 Å². The summed E-state index contributed by atoms with van der Waals surface area (Å²) in [4.78, 5) is 11.6. The maximum atomic E-state index is 11.6. The summed E-state index contributed by atoms with van der Waals surface area (Å²) in [5, 5.41) is 13.8. The molecule has 3 N–H and O–H groups in total. The Kier molecular flexibility index (Phi) is 4.96. The molecule has 1 unspecified atom stereocenters. The van der Waals surface area contributed by atoms with Crippen LogP contribution in [0.1, 0.15) is 31.7 Å². The fourth-order valence-electron chi connectivity index (χ4n) is 1.25. The Morgan fingerprint density at radius 3 is 3.12 bits per heavy atom. The molecule has 1 aromatic rings. The molecule has 86 valence electrons. The van der Waals surface area contributed by atoms with E-state index < -0.39 is 6.04 Å². The van der Waals surface area contributed by atoms with E-state index >= 15 is 0 Å². The lowest BCUT2D eigenvalue weighted by Gasteiger charge is -2.10. The van der Waals surface area contributed by atoms with E-state index in [1.165, 1.54) is 11.3 Å². The van der Waals surface area contributed by atoms with Gasteiger partial charge in [0, 0.05) is 0 Å². The van der Waals surface area contributed by atoms with Gasteiger partial charge in [-0.1, -0.05) is 19.8 Å². The second kappa shape index (κ2) is 6.26. The third kappa shape index (κ3) is 3.33. The fraction of sp³-hybridized carbons (Fsp3) is 0.455. The van der Waals surface area contributed by atoms with Gasteiger partial charge in [0.15, 0.2) is 0 Å². The van der Waals surface area contributed by atoms with Gasteiger partial charge in [0.05, 0.1) is 11.6 Å². The molecule has 0 radical (unpaired) electrons. The van der Waals surface area contributed by atoms with Crippen molar-refractivity contribution in [2.24, 2.45) is 5.73 Å². The predicted octanol–water partition coefficient (Wildman–Crippen LogP) is 2.08. The SMILES string of the molecule is CCCCC(N)C(=O)Nc1sccc1C#N. The Morgan fingerprint density at radius 2 is 2.50 bits per heavy atom. The first-order valence-electron chi connectivity index (χ1n) is 5.23. The monoisotopic (exact) mass is 237 g/mol. The highest BCUT2D eigenvalue weighted by atomic mass is 32.1. The summed E-state index contributed by atoms with van der Waals surface area (Å²) in [7, 11) is 0. The highest BCUT2D eigenvalue weighted by molar-refractivity contribution is 7.14.